The third-order valence-corrected chi connectivity index (χ3v) is 7.06. The van der Waals surface area contributed by atoms with Crippen LogP contribution >= 0.6 is 0 Å². The fourth-order valence-corrected chi connectivity index (χ4v) is 5.12. The molecule has 1 unspecified atom stereocenters. The van der Waals surface area contributed by atoms with Crippen LogP contribution in [0.1, 0.15) is 58.3 Å². The number of carbonyl (C=O) groups is 3. The van der Waals surface area contributed by atoms with Crippen molar-refractivity contribution >= 4 is 28.1 Å². The summed E-state index contributed by atoms with van der Waals surface area (Å²) in [6, 6.07) is 7.73. The van der Waals surface area contributed by atoms with E-state index in [9.17, 15) is 22.8 Å². The Kier molecular flexibility index (Phi) is 9.84. The minimum absolute atomic E-state index is 0.0187. The van der Waals surface area contributed by atoms with Crippen LogP contribution in [-0.4, -0.2) is 38.9 Å². The molecule has 0 bridgehead atoms. The first-order chi connectivity index (χ1) is 15.3. The smallest absolute Gasteiger partial charge is 0.303 e. The molecule has 0 radical (unpaired) electrons. The Balaban J connectivity index is 1.99. The van der Waals surface area contributed by atoms with Gasteiger partial charge in [-0.15, -0.1) is 0 Å². The number of hydrogen-bond acceptors (Lipinski definition) is 7. The molecule has 174 valence electrons. The maximum absolute atomic E-state index is 13.3. The van der Waals surface area contributed by atoms with E-state index < -0.39 is 27.2 Å². The number of sulfone groups is 1. The number of allylic oxidation sites excluding steroid dienone is 2. The zero-order valence-electron chi connectivity index (χ0n) is 18.3. The lowest BCUT2D eigenvalue weighted by molar-refractivity contribution is -0.159. The SMILES string of the molecule is CC(=O)OC1(CCCCCCCCCOC=O)C=CC=C(S(=O)(=O)c2ccccc2)C1=O. The van der Waals surface area contributed by atoms with E-state index in [4.69, 9.17) is 4.74 Å². The number of rotatable bonds is 14. The predicted molar refractivity (Wildman–Crippen MR) is 119 cm³/mol. The lowest BCUT2D eigenvalue weighted by atomic mass is 9.87. The Morgan fingerprint density at radius 3 is 2.25 bits per heavy atom. The summed E-state index contributed by atoms with van der Waals surface area (Å²) in [7, 11) is -4.03. The average molecular weight is 463 g/mol. The molecule has 1 aromatic carbocycles. The van der Waals surface area contributed by atoms with Crippen LogP contribution in [0.4, 0.5) is 0 Å². The van der Waals surface area contributed by atoms with Gasteiger partial charge in [0.25, 0.3) is 6.47 Å². The summed E-state index contributed by atoms with van der Waals surface area (Å²) < 4.78 is 36.1. The standard InChI is InChI=1S/C24H30O7S/c1-20(26)31-24(16-10-5-3-2-4-6-11-18-30-19-25)17-12-15-22(23(24)27)32(28,29)21-13-8-7-9-14-21/h7-9,12-15,17,19H,2-6,10-11,16,18H2,1H3. The first kappa shape index (κ1) is 25.5. The molecule has 0 amide bonds. The number of benzene rings is 1. The quantitative estimate of drug-likeness (QED) is 0.233. The summed E-state index contributed by atoms with van der Waals surface area (Å²) in [5, 5.41) is 0. The second kappa shape index (κ2) is 12.3. The third kappa shape index (κ3) is 6.88. The number of Topliss-reactive ketones (excluding diaryl/α,β-unsaturated/α-hetero) is 1. The van der Waals surface area contributed by atoms with Crippen molar-refractivity contribution < 1.29 is 32.3 Å². The van der Waals surface area contributed by atoms with Crippen molar-refractivity contribution in [3.8, 4) is 0 Å². The number of unbranched alkanes of at least 4 members (excludes halogenated alkanes) is 6. The number of ether oxygens (including phenoxy) is 2. The highest BCUT2D eigenvalue weighted by Gasteiger charge is 2.45. The monoisotopic (exact) mass is 462 g/mol. The molecule has 0 saturated heterocycles. The van der Waals surface area contributed by atoms with Gasteiger partial charge in [-0.2, -0.15) is 0 Å². The zero-order chi connectivity index (χ0) is 23.5. The fraction of sp³-hybridized carbons (Fsp3) is 0.458. The van der Waals surface area contributed by atoms with Crippen molar-refractivity contribution in [2.75, 3.05) is 6.61 Å². The van der Waals surface area contributed by atoms with Gasteiger partial charge in [0, 0.05) is 6.92 Å². The minimum atomic E-state index is -4.03. The van der Waals surface area contributed by atoms with Gasteiger partial charge in [-0.1, -0.05) is 56.4 Å². The van der Waals surface area contributed by atoms with E-state index in [0.717, 1.165) is 38.5 Å². The highest BCUT2D eigenvalue weighted by atomic mass is 32.2. The van der Waals surface area contributed by atoms with Crippen LogP contribution in [0.25, 0.3) is 0 Å². The van der Waals surface area contributed by atoms with E-state index >= 15 is 0 Å². The second-order valence-electron chi connectivity index (χ2n) is 7.71. The van der Waals surface area contributed by atoms with Gasteiger partial charge < -0.3 is 9.47 Å². The largest absolute Gasteiger partial charge is 0.468 e. The van der Waals surface area contributed by atoms with E-state index in [0.29, 0.717) is 19.5 Å². The lowest BCUT2D eigenvalue weighted by Gasteiger charge is -2.31. The van der Waals surface area contributed by atoms with Crippen molar-refractivity contribution in [3.05, 3.63) is 53.5 Å². The van der Waals surface area contributed by atoms with E-state index in [1.54, 1.807) is 18.2 Å². The molecule has 0 aromatic heterocycles. The Morgan fingerprint density at radius 2 is 1.62 bits per heavy atom. The van der Waals surface area contributed by atoms with Crippen molar-refractivity contribution in [1.29, 1.82) is 0 Å². The molecule has 1 atom stereocenters. The van der Waals surface area contributed by atoms with Gasteiger partial charge in [0.2, 0.25) is 15.6 Å². The Morgan fingerprint density at radius 1 is 1.00 bits per heavy atom. The van der Waals surface area contributed by atoms with Gasteiger partial charge in [0.1, 0.15) is 4.91 Å². The van der Waals surface area contributed by atoms with Gasteiger partial charge >= 0.3 is 5.97 Å². The molecule has 0 fully saturated rings. The van der Waals surface area contributed by atoms with E-state index in [1.807, 2.05) is 0 Å². The lowest BCUT2D eigenvalue weighted by Crippen LogP contribution is -2.44. The molecular weight excluding hydrogens is 432 g/mol. The van der Waals surface area contributed by atoms with E-state index in [2.05, 4.69) is 4.74 Å². The highest BCUT2D eigenvalue weighted by molar-refractivity contribution is 7.96. The van der Waals surface area contributed by atoms with Crippen molar-refractivity contribution in [1.82, 2.24) is 0 Å². The zero-order valence-corrected chi connectivity index (χ0v) is 19.1. The molecule has 1 aliphatic rings. The molecule has 0 aliphatic heterocycles. The van der Waals surface area contributed by atoms with Crippen LogP contribution in [0, 0.1) is 0 Å². The number of esters is 1. The molecule has 7 nitrogen and oxygen atoms in total. The molecule has 32 heavy (non-hydrogen) atoms. The first-order valence-corrected chi connectivity index (χ1v) is 12.3. The predicted octanol–water partition coefficient (Wildman–Crippen LogP) is 4.08. The van der Waals surface area contributed by atoms with Crippen molar-refractivity contribution in [3.63, 3.8) is 0 Å². The minimum Gasteiger partial charge on any atom is -0.468 e. The molecule has 2 rings (SSSR count). The summed E-state index contributed by atoms with van der Waals surface area (Å²) in [5.41, 5.74) is -1.61. The normalized spacial score (nSPS) is 18.2. The first-order valence-electron chi connectivity index (χ1n) is 10.8. The second-order valence-corrected chi connectivity index (χ2v) is 9.63. The summed E-state index contributed by atoms with van der Waals surface area (Å²) >= 11 is 0. The van der Waals surface area contributed by atoms with Gasteiger partial charge in [-0.25, -0.2) is 8.42 Å². The molecule has 1 aliphatic carbocycles. The molecule has 0 spiro atoms. The van der Waals surface area contributed by atoms with Crippen molar-refractivity contribution in [2.24, 2.45) is 0 Å². The van der Waals surface area contributed by atoms with E-state index in [-0.39, 0.29) is 16.2 Å². The van der Waals surface area contributed by atoms with Crippen LogP contribution in [0.15, 0.2) is 58.4 Å². The van der Waals surface area contributed by atoms with Crippen LogP contribution in [0.2, 0.25) is 0 Å². The van der Waals surface area contributed by atoms with Gasteiger partial charge in [-0.3, -0.25) is 14.4 Å². The van der Waals surface area contributed by atoms with Gasteiger partial charge in [-0.05, 0) is 43.5 Å². The maximum atomic E-state index is 13.3. The summed E-state index contributed by atoms with van der Waals surface area (Å²) in [4.78, 5) is 34.8. The summed E-state index contributed by atoms with van der Waals surface area (Å²) in [5.74, 6) is -1.35. The summed E-state index contributed by atoms with van der Waals surface area (Å²) in [6.07, 6.45) is 10.6. The molecular formula is C24H30O7S. The molecule has 0 N–H and O–H groups in total. The number of carbonyl (C=O) groups excluding carboxylic acids is 3. The third-order valence-electron chi connectivity index (χ3n) is 5.27. The molecule has 0 heterocycles. The molecule has 8 heteroatoms. The van der Waals surface area contributed by atoms with Gasteiger partial charge in [0.05, 0.1) is 11.5 Å². The van der Waals surface area contributed by atoms with Crippen LogP contribution in [0.3, 0.4) is 0 Å². The highest BCUT2D eigenvalue weighted by Crippen LogP contribution is 2.34. The Hall–Kier alpha value is -2.74. The number of ketones is 1. The average Bonchev–Trinajstić information content (AvgIpc) is 2.77. The van der Waals surface area contributed by atoms with E-state index in [1.165, 1.54) is 37.3 Å². The van der Waals surface area contributed by atoms with Crippen LogP contribution in [-0.2, 0) is 33.7 Å². The summed E-state index contributed by atoms with van der Waals surface area (Å²) in [6.45, 7) is 2.09. The molecule has 1 aromatic rings. The Labute approximate surface area is 189 Å². The fourth-order valence-electron chi connectivity index (χ4n) is 3.68. The van der Waals surface area contributed by atoms with Gasteiger partial charge in [0.15, 0.2) is 5.60 Å². The van der Waals surface area contributed by atoms with Crippen LogP contribution in [0.5, 0.6) is 0 Å². The molecule has 0 saturated carbocycles. The van der Waals surface area contributed by atoms with Crippen molar-refractivity contribution in [2.45, 2.75) is 68.8 Å². The topological polar surface area (TPSA) is 104 Å². The van der Waals surface area contributed by atoms with Crippen LogP contribution < -0.4 is 0 Å². The number of hydrogen-bond donors (Lipinski definition) is 0. The maximum Gasteiger partial charge on any atom is 0.303 e. The Bertz CT molecular complexity index is 948.